The molecule has 0 aliphatic rings. The van der Waals surface area contributed by atoms with Crippen molar-refractivity contribution >= 4 is 41.8 Å². The average molecular weight is 333 g/mol. The summed E-state index contributed by atoms with van der Waals surface area (Å²) in [6.45, 7) is 4.24. The number of aromatic amines is 1. The van der Waals surface area contributed by atoms with Crippen LogP contribution in [0, 0.1) is 5.92 Å². The van der Waals surface area contributed by atoms with E-state index in [2.05, 4.69) is 15.3 Å². The number of para-hydroxylation sites is 2. The van der Waals surface area contributed by atoms with E-state index in [1.807, 2.05) is 38.1 Å². The lowest BCUT2D eigenvalue weighted by Crippen LogP contribution is -2.39. The number of imidazole rings is 1. The summed E-state index contributed by atoms with van der Waals surface area (Å²) >= 11 is 0. The molecule has 2 aromatic rings. The maximum atomic E-state index is 11.7. The van der Waals surface area contributed by atoms with Crippen LogP contribution in [-0.2, 0) is 11.2 Å². The number of hydrogen-bond acceptors (Lipinski definition) is 3. The molecule has 0 aliphatic heterocycles. The quantitative estimate of drug-likeness (QED) is 0.783. The van der Waals surface area contributed by atoms with Crippen LogP contribution in [0.4, 0.5) is 0 Å². The predicted molar refractivity (Wildman–Crippen MR) is 90.1 cm³/mol. The smallest absolute Gasteiger partial charge is 0.224 e. The Labute approximate surface area is 136 Å². The summed E-state index contributed by atoms with van der Waals surface area (Å²) in [6.07, 6.45) is 0.687. The summed E-state index contributed by atoms with van der Waals surface area (Å²) in [5, 5.41) is 2.88. The van der Waals surface area contributed by atoms with E-state index in [0.29, 0.717) is 13.0 Å². The molecule has 0 radical (unpaired) electrons. The Morgan fingerprint density at radius 2 is 2.00 bits per heavy atom. The Bertz CT molecular complexity index is 538. The van der Waals surface area contributed by atoms with Crippen molar-refractivity contribution in [1.29, 1.82) is 0 Å². The topological polar surface area (TPSA) is 83.8 Å². The second-order valence-corrected chi connectivity index (χ2v) is 4.89. The number of nitrogens with two attached hydrogens (primary N) is 1. The van der Waals surface area contributed by atoms with Crippen LogP contribution >= 0.6 is 24.8 Å². The van der Waals surface area contributed by atoms with Crippen LogP contribution in [0.2, 0.25) is 0 Å². The molecule has 0 spiro atoms. The van der Waals surface area contributed by atoms with Crippen molar-refractivity contribution in [3.05, 3.63) is 30.1 Å². The van der Waals surface area contributed by atoms with E-state index < -0.39 is 0 Å². The van der Waals surface area contributed by atoms with Gasteiger partial charge in [-0.25, -0.2) is 4.98 Å². The molecular weight excluding hydrogens is 311 g/mol. The highest BCUT2D eigenvalue weighted by Crippen LogP contribution is 2.10. The van der Waals surface area contributed by atoms with E-state index in [-0.39, 0.29) is 42.7 Å². The van der Waals surface area contributed by atoms with Crippen molar-refractivity contribution < 1.29 is 4.79 Å². The number of nitrogens with zero attached hydrogens (tertiary/aromatic N) is 1. The molecule has 5 nitrogen and oxygen atoms in total. The molecule has 1 heterocycles. The van der Waals surface area contributed by atoms with Crippen LogP contribution < -0.4 is 11.1 Å². The molecule has 2 atom stereocenters. The Kier molecular flexibility index (Phi) is 8.32. The Morgan fingerprint density at radius 1 is 1.33 bits per heavy atom. The van der Waals surface area contributed by atoms with Crippen LogP contribution in [0.3, 0.4) is 0 Å². The summed E-state index contributed by atoms with van der Waals surface area (Å²) in [5.74, 6) is 0.705. The van der Waals surface area contributed by atoms with Gasteiger partial charge in [0.05, 0.1) is 11.0 Å². The van der Waals surface area contributed by atoms with Gasteiger partial charge in [-0.3, -0.25) is 4.79 Å². The van der Waals surface area contributed by atoms with Gasteiger partial charge in [0, 0.05) is 24.9 Å². The molecule has 118 valence electrons. The molecule has 0 fully saturated rings. The first kappa shape index (κ1) is 19.7. The molecular formula is C14H22Cl2N4O. The number of H-pyrrole nitrogens is 1. The maximum Gasteiger partial charge on any atom is 0.224 e. The molecule has 0 aliphatic carbocycles. The molecule has 2 unspecified atom stereocenters. The third kappa shape index (κ3) is 5.19. The van der Waals surface area contributed by atoms with E-state index in [4.69, 9.17) is 5.73 Å². The lowest BCUT2D eigenvalue weighted by Gasteiger charge is -2.14. The fourth-order valence-corrected chi connectivity index (χ4v) is 1.83. The summed E-state index contributed by atoms with van der Waals surface area (Å²) in [7, 11) is 0. The summed E-state index contributed by atoms with van der Waals surface area (Å²) in [6, 6.07) is 7.75. The minimum atomic E-state index is -0.171. The summed E-state index contributed by atoms with van der Waals surface area (Å²) in [4.78, 5) is 19.4. The second-order valence-electron chi connectivity index (χ2n) is 4.89. The number of benzene rings is 1. The summed E-state index contributed by atoms with van der Waals surface area (Å²) in [5.41, 5.74) is 7.66. The van der Waals surface area contributed by atoms with E-state index in [1.54, 1.807) is 0 Å². The van der Waals surface area contributed by atoms with Gasteiger partial charge < -0.3 is 16.0 Å². The number of aromatic nitrogens is 2. The fraction of sp³-hybridized carbons (Fsp3) is 0.429. The van der Waals surface area contributed by atoms with Crippen LogP contribution in [0.1, 0.15) is 19.7 Å². The van der Waals surface area contributed by atoms with Gasteiger partial charge in [0.2, 0.25) is 5.91 Å². The van der Waals surface area contributed by atoms with Gasteiger partial charge in [0.15, 0.2) is 0 Å². The largest absolute Gasteiger partial charge is 0.355 e. The van der Waals surface area contributed by atoms with E-state index in [1.165, 1.54) is 0 Å². The van der Waals surface area contributed by atoms with Gasteiger partial charge in [-0.1, -0.05) is 19.1 Å². The predicted octanol–water partition coefficient (Wildman–Crippen LogP) is 2.05. The zero-order valence-electron chi connectivity index (χ0n) is 12.1. The molecule has 1 amide bonds. The number of carbonyl (C=O) groups excluding carboxylic acids is 1. The molecule has 0 bridgehead atoms. The maximum absolute atomic E-state index is 11.7. The Hall–Kier alpha value is -1.30. The van der Waals surface area contributed by atoms with Crippen LogP contribution in [0.25, 0.3) is 11.0 Å². The Balaban J connectivity index is 0.00000200. The molecule has 2 rings (SSSR count). The van der Waals surface area contributed by atoms with E-state index >= 15 is 0 Å². The van der Waals surface area contributed by atoms with Crippen molar-refractivity contribution in [2.45, 2.75) is 26.3 Å². The van der Waals surface area contributed by atoms with Crippen molar-refractivity contribution in [3.8, 4) is 0 Å². The zero-order chi connectivity index (χ0) is 13.8. The van der Waals surface area contributed by atoms with Crippen molar-refractivity contribution in [3.63, 3.8) is 0 Å². The lowest BCUT2D eigenvalue weighted by atomic mass is 10.0. The highest BCUT2D eigenvalue weighted by molar-refractivity contribution is 5.85. The average Bonchev–Trinajstić information content (AvgIpc) is 2.80. The Morgan fingerprint density at radius 3 is 2.62 bits per heavy atom. The van der Waals surface area contributed by atoms with Crippen LogP contribution in [-0.4, -0.2) is 28.5 Å². The lowest BCUT2D eigenvalue weighted by molar-refractivity contribution is -0.124. The van der Waals surface area contributed by atoms with Crippen LogP contribution in [0.5, 0.6) is 0 Å². The van der Waals surface area contributed by atoms with Crippen molar-refractivity contribution in [1.82, 2.24) is 15.3 Å². The monoisotopic (exact) mass is 332 g/mol. The summed E-state index contributed by atoms with van der Waals surface area (Å²) < 4.78 is 0. The first-order valence-corrected chi connectivity index (χ1v) is 6.55. The number of rotatable bonds is 5. The SMILES string of the molecule is CC(N)C(C)C(=O)NCCc1nc2ccccc2[nH]1.Cl.Cl. The normalized spacial score (nSPS) is 12.9. The fourth-order valence-electron chi connectivity index (χ4n) is 1.83. The number of carbonyl (C=O) groups is 1. The third-order valence-electron chi connectivity index (χ3n) is 3.30. The molecule has 7 heteroatoms. The van der Waals surface area contributed by atoms with E-state index in [9.17, 15) is 4.79 Å². The van der Waals surface area contributed by atoms with Gasteiger partial charge >= 0.3 is 0 Å². The third-order valence-corrected chi connectivity index (χ3v) is 3.30. The molecule has 1 aromatic carbocycles. The minimum absolute atomic E-state index is 0. The van der Waals surface area contributed by atoms with Gasteiger partial charge in [0.1, 0.15) is 5.82 Å². The highest BCUT2D eigenvalue weighted by atomic mass is 35.5. The zero-order valence-corrected chi connectivity index (χ0v) is 13.8. The molecule has 4 N–H and O–H groups in total. The van der Waals surface area contributed by atoms with Crippen LogP contribution in [0.15, 0.2) is 24.3 Å². The van der Waals surface area contributed by atoms with Crippen molar-refractivity contribution in [2.75, 3.05) is 6.54 Å². The van der Waals surface area contributed by atoms with Gasteiger partial charge in [-0.05, 0) is 19.1 Å². The number of amides is 1. The number of hydrogen-bond donors (Lipinski definition) is 3. The van der Waals surface area contributed by atoms with E-state index in [0.717, 1.165) is 16.9 Å². The van der Waals surface area contributed by atoms with Gasteiger partial charge in [0.25, 0.3) is 0 Å². The molecule has 1 aromatic heterocycles. The molecule has 0 saturated carbocycles. The van der Waals surface area contributed by atoms with Crippen molar-refractivity contribution in [2.24, 2.45) is 11.7 Å². The standard InChI is InChI=1S/C14H20N4O.2ClH/c1-9(10(2)15)14(19)16-8-7-13-17-11-5-3-4-6-12(11)18-13;;/h3-6,9-10H,7-8,15H2,1-2H3,(H,16,19)(H,17,18);2*1H. The molecule has 0 saturated heterocycles. The second kappa shape index (κ2) is 8.87. The minimum Gasteiger partial charge on any atom is -0.355 e. The number of fused-ring (bicyclic) bond motifs is 1. The first-order valence-electron chi connectivity index (χ1n) is 6.55. The number of nitrogens with one attached hydrogen (secondary N) is 2. The van der Waals surface area contributed by atoms with Gasteiger partial charge in [-0.15, -0.1) is 24.8 Å². The van der Waals surface area contributed by atoms with Gasteiger partial charge in [-0.2, -0.15) is 0 Å². The highest BCUT2D eigenvalue weighted by Gasteiger charge is 2.16. The number of halogens is 2. The molecule has 21 heavy (non-hydrogen) atoms. The first-order chi connectivity index (χ1) is 9.08.